The van der Waals surface area contributed by atoms with Crippen molar-refractivity contribution in [3.8, 4) is 0 Å². The van der Waals surface area contributed by atoms with Crippen molar-refractivity contribution < 1.29 is 4.39 Å². The van der Waals surface area contributed by atoms with Crippen molar-refractivity contribution in [2.24, 2.45) is 5.84 Å². The van der Waals surface area contributed by atoms with Gasteiger partial charge in [-0.2, -0.15) is 0 Å². The van der Waals surface area contributed by atoms with Gasteiger partial charge in [-0.3, -0.25) is 11.3 Å². The highest BCUT2D eigenvalue weighted by molar-refractivity contribution is 9.10. The van der Waals surface area contributed by atoms with Crippen LogP contribution < -0.4 is 11.3 Å². The van der Waals surface area contributed by atoms with Crippen LogP contribution in [0.1, 0.15) is 29.7 Å². The largest absolute Gasteiger partial charge is 0.271 e. The van der Waals surface area contributed by atoms with Crippen LogP contribution in [-0.4, -0.2) is 0 Å². The molecule has 2 aromatic carbocycles. The minimum atomic E-state index is -0.252. The lowest BCUT2D eigenvalue weighted by molar-refractivity contribution is 0.550. The first kappa shape index (κ1) is 15.2. The molecule has 0 aliphatic heterocycles. The van der Waals surface area contributed by atoms with Crippen molar-refractivity contribution >= 4 is 15.9 Å². The topological polar surface area (TPSA) is 38.0 Å². The molecule has 0 spiro atoms. The van der Waals surface area contributed by atoms with Crippen molar-refractivity contribution in [2.45, 2.75) is 25.8 Å². The number of nitrogens with one attached hydrogen (secondary N) is 1. The fourth-order valence-electron chi connectivity index (χ4n) is 2.16. The fraction of sp³-hybridized carbons (Fsp3) is 0.250. The van der Waals surface area contributed by atoms with Gasteiger partial charge in [0, 0.05) is 6.04 Å². The summed E-state index contributed by atoms with van der Waals surface area (Å²) in [6, 6.07) is 13.4. The lowest BCUT2D eigenvalue weighted by atomic mass is 9.98. The standard InChI is InChI=1S/C16H18BrFN2/c1-2-11-3-6-13(7-4-11)16(20-19)10-12-5-8-15(18)14(17)9-12/h3-9,16,20H,2,10,19H2,1H3. The molecule has 0 aliphatic rings. The molecule has 0 saturated heterocycles. The molecule has 3 N–H and O–H groups in total. The first-order chi connectivity index (χ1) is 9.63. The second kappa shape index (κ2) is 6.97. The van der Waals surface area contributed by atoms with E-state index in [0.717, 1.165) is 17.5 Å². The lowest BCUT2D eigenvalue weighted by Crippen LogP contribution is -2.29. The molecule has 0 aromatic heterocycles. The van der Waals surface area contributed by atoms with E-state index in [0.29, 0.717) is 10.9 Å². The predicted molar refractivity (Wildman–Crippen MR) is 83.7 cm³/mol. The Bertz CT molecular complexity index is 569. The molecule has 0 amide bonds. The average Bonchev–Trinajstić information content (AvgIpc) is 2.48. The van der Waals surface area contributed by atoms with Crippen LogP contribution in [0.25, 0.3) is 0 Å². The summed E-state index contributed by atoms with van der Waals surface area (Å²) in [6.45, 7) is 2.13. The van der Waals surface area contributed by atoms with Crippen LogP contribution in [0.15, 0.2) is 46.9 Å². The third-order valence-electron chi connectivity index (χ3n) is 3.42. The maximum atomic E-state index is 13.2. The summed E-state index contributed by atoms with van der Waals surface area (Å²) in [7, 11) is 0. The van der Waals surface area contributed by atoms with Crippen LogP contribution in [-0.2, 0) is 12.8 Å². The number of aryl methyl sites for hydroxylation is 1. The highest BCUT2D eigenvalue weighted by atomic mass is 79.9. The van der Waals surface area contributed by atoms with Crippen molar-refractivity contribution in [2.75, 3.05) is 0 Å². The van der Waals surface area contributed by atoms with Crippen molar-refractivity contribution in [1.82, 2.24) is 5.43 Å². The molecule has 0 bridgehead atoms. The summed E-state index contributed by atoms with van der Waals surface area (Å²) < 4.78 is 13.7. The maximum absolute atomic E-state index is 13.2. The molecule has 2 rings (SSSR count). The smallest absolute Gasteiger partial charge is 0.137 e. The molecule has 20 heavy (non-hydrogen) atoms. The van der Waals surface area contributed by atoms with E-state index in [1.807, 2.05) is 0 Å². The van der Waals surface area contributed by atoms with Gasteiger partial charge in [-0.1, -0.05) is 37.3 Å². The summed E-state index contributed by atoms with van der Waals surface area (Å²) in [5.74, 6) is 5.40. The SMILES string of the molecule is CCc1ccc(C(Cc2ccc(F)c(Br)c2)NN)cc1. The van der Waals surface area contributed by atoms with Crippen LogP contribution in [0.3, 0.4) is 0 Å². The number of rotatable bonds is 5. The van der Waals surface area contributed by atoms with Gasteiger partial charge in [-0.05, 0) is 57.6 Å². The summed E-state index contributed by atoms with van der Waals surface area (Å²) in [5.41, 5.74) is 6.29. The zero-order valence-electron chi connectivity index (χ0n) is 11.4. The number of hydrogen-bond acceptors (Lipinski definition) is 2. The summed E-state index contributed by atoms with van der Waals surface area (Å²) in [4.78, 5) is 0. The number of hydrogen-bond donors (Lipinski definition) is 2. The monoisotopic (exact) mass is 336 g/mol. The van der Waals surface area contributed by atoms with Gasteiger partial charge in [-0.25, -0.2) is 4.39 Å². The van der Waals surface area contributed by atoms with Crippen LogP contribution in [0.5, 0.6) is 0 Å². The molecule has 0 heterocycles. The highest BCUT2D eigenvalue weighted by Gasteiger charge is 2.11. The number of halogens is 2. The van der Waals surface area contributed by atoms with E-state index < -0.39 is 0 Å². The van der Waals surface area contributed by atoms with Gasteiger partial charge >= 0.3 is 0 Å². The first-order valence-corrected chi connectivity index (χ1v) is 7.42. The molecule has 1 unspecified atom stereocenters. The van der Waals surface area contributed by atoms with Crippen molar-refractivity contribution in [3.63, 3.8) is 0 Å². The maximum Gasteiger partial charge on any atom is 0.137 e. The Morgan fingerprint density at radius 2 is 1.80 bits per heavy atom. The fourth-order valence-corrected chi connectivity index (χ4v) is 2.59. The minimum Gasteiger partial charge on any atom is -0.271 e. The number of hydrazine groups is 1. The van der Waals surface area contributed by atoms with Crippen LogP contribution in [0.2, 0.25) is 0 Å². The molecule has 4 heteroatoms. The molecular formula is C16H18BrFN2. The number of benzene rings is 2. The normalized spacial score (nSPS) is 12.4. The Balaban J connectivity index is 2.16. The molecule has 0 radical (unpaired) electrons. The number of nitrogens with two attached hydrogens (primary N) is 1. The second-order valence-electron chi connectivity index (χ2n) is 4.77. The molecule has 2 aromatic rings. The van der Waals surface area contributed by atoms with Gasteiger partial charge in [0.15, 0.2) is 0 Å². The molecule has 0 saturated carbocycles. The van der Waals surface area contributed by atoms with Crippen molar-refractivity contribution in [1.29, 1.82) is 0 Å². The molecule has 0 fully saturated rings. The van der Waals surface area contributed by atoms with E-state index in [2.05, 4.69) is 52.5 Å². The van der Waals surface area contributed by atoms with Crippen molar-refractivity contribution in [3.05, 3.63) is 69.4 Å². The van der Waals surface area contributed by atoms with Crippen LogP contribution in [0.4, 0.5) is 4.39 Å². The van der Waals surface area contributed by atoms with Gasteiger partial charge in [0.2, 0.25) is 0 Å². The molecular weight excluding hydrogens is 319 g/mol. The predicted octanol–water partition coefficient (Wildman–Crippen LogP) is 3.90. The van der Waals surface area contributed by atoms with E-state index in [4.69, 9.17) is 5.84 Å². The Hall–Kier alpha value is -1.23. The van der Waals surface area contributed by atoms with Gasteiger partial charge in [0.05, 0.1) is 4.47 Å². The Labute approximate surface area is 127 Å². The summed E-state index contributed by atoms with van der Waals surface area (Å²) in [5, 5.41) is 0. The third kappa shape index (κ3) is 3.66. The van der Waals surface area contributed by atoms with Crippen LogP contribution in [0, 0.1) is 5.82 Å². The Kier molecular flexibility index (Phi) is 5.29. The van der Waals surface area contributed by atoms with E-state index in [-0.39, 0.29) is 11.9 Å². The Morgan fingerprint density at radius 1 is 1.15 bits per heavy atom. The first-order valence-electron chi connectivity index (χ1n) is 6.63. The van der Waals surface area contributed by atoms with E-state index >= 15 is 0 Å². The molecule has 106 valence electrons. The summed E-state index contributed by atoms with van der Waals surface area (Å²) in [6.07, 6.45) is 1.73. The highest BCUT2D eigenvalue weighted by Crippen LogP contribution is 2.22. The van der Waals surface area contributed by atoms with E-state index in [1.165, 1.54) is 11.6 Å². The quantitative estimate of drug-likeness (QED) is 0.642. The van der Waals surface area contributed by atoms with E-state index in [1.54, 1.807) is 12.1 Å². The van der Waals surface area contributed by atoms with Crippen LogP contribution >= 0.6 is 15.9 Å². The summed E-state index contributed by atoms with van der Waals surface area (Å²) >= 11 is 3.21. The minimum absolute atomic E-state index is 0.0123. The zero-order chi connectivity index (χ0) is 14.5. The van der Waals surface area contributed by atoms with E-state index in [9.17, 15) is 4.39 Å². The molecule has 1 atom stereocenters. The zero-order valence-corrected chi connectivity index (χ0v) is 13.0. The third-order valence-corrected chi connectivity index (χ3v) is 4.02. The van der Waals surface area contributed by atoms with Gasteiger partial charge in [0.25, 0.3) is 0 Å². The second-order valence-corrected chi connectivity index (χ2v) is 5.62. The van der Waals surface area contributed by atoms with Gasteiger partial charge in [-0.15, -0.1) is 0 Å². The lowest BCUT2D eigenvalue weighted by Gasteiger charge is -2.17. The molecule has 2 nitrogen and oxygen atoms in total. The Morgan fingerprint density at radius 3 is 2.35 bits per heavy atom. The van der Waals surface area contributed by atoms with Gasteiger partial charge < -0.3 is 0 Å². The average molecular weight is 337 g/mol. The van der Waals surface area contributed by atoms with Gasteiger partial charge in [0.1, 0.15) is 5.82 Å². The molecule has 0 aliphatic carbocycles.